The van der Waals surface area contributed by atoms with Crippen molar-refractivity contribution >= 4 is 71.2 Å². The minimum atomic E-state index is 0.486. The van der Waals surface area contributed by atoms with Crippen LogP contribution in [0.3, 0.4) is 0 Å². The number of nitrogens with zero attached hydrogens (tertiary/aromatic N) is 4. The van der Waals surface area contributed by atoms with Gasteiger partial charge in [-0.1, -0.05) is 78.9 Å². The van der Waals surface area contributed by atoms with Crippen LogP contribution in [0.25, 0.3) is 92.9 Å². The minimum absolute atomic E-state index is 0.486. The summed E-state index contributed by atoms with van der Waals surface area (Å²) in [5, 5.41) is 17.1. The molecular formula is C44H24N4O. The predicted octanol–water partition coefficient (Wildman–Crippen LogP) is 11.9. The van der Waals surface area contributed by atoms with Crippen molar-refractivity contribution < 1.29 is 4.42 Å². The highest BCUT2D eigenvalue weighted by Gasteiger charge is 2.20. The summed E-state index contributed by atoms with van der Waals surface area (Å²) < 4.78 is 10.8. The molecule has 0 aliphatic heterocycles. The van der Waals surface area contributed by atoms with Gasteiger partial charge >= 0.3 is 0 Å². The Morgan fingerprint density at radius 2 is 1.04 bits per heavy atom. The summed E-state index contributed by atoms with van der Waals surface area (Å²) in [6.45, 7) is 8.14. The van der Waals surface area contributed by atoms with Gasteiger partial charge in [-0.05, 0) is 71.8 Å². The number of furan rings is 1. The molecule has 0 aliphatic carbocycles. The standard InChI is InChI=1S/C44H24N4O/c1-46-38-21-20-29(48-41-16-8-4-12-32(41)36-24-37-33-13-5-9-17-43(33)49-44(37)25-42(36)48)23-35(38)34-22-28(19-18-27(34)26-45)47-39-14-6-2-10-30(39)31-11-3-7-15-40(31)47/h2-25H. The molecule has 3 aromatic heterocycles. The smallest absolute Gasteiger partial charge is 0.195 e. The summed E-state index contributed by atoms with van der Waals surface area (Å²) >= 11 is 0. The van der Waals surface area contributed by atoms with E-state index in [0.717, 1.165) is 82.5 Å². The van der Waals surface area contributed by atoms with E-state index < -0.39 is 0 Å². The van der Waals surface area contributed by atoms with Crippen LogP contribution in [-0.4, -0.2) is 9.13 Å². The zero-order chi connectivity index (χ0) is 32.6. The maximum atomic E-state index is 10.4. The van der Waals surface area contributed by atoms with E-state index in [1.165, 1.54) is 0 Å². The molecule has 0 N–H and O–H groups in total. The average molecular weight is 625 g/mol. The summed E-state index contributed by atoms with van der Waals surface area (Å²) in [6, 6.07) is 51.9. The van der Waals surface area contributed by atoms with Crippen LogP contribution in [0, 0.1) is 17.9 Å². The van der Waals surface area contributed by atoms with Crippen molar-refractivity contribution in [2.45, 2.75) is 0 Å². The Morgan fingerprint density at radius 1 is 0.490 bits per heavy atom. The van der Waals surface area contributed by atoms with E-state index in [4.69, 9.17) is 11.0 Å². The van der Waals surface area contributed by atoms with Gasteiger partial charge in [0.05, 0.1) is 40.3 Å². The predicted molar refractivity (Wildman–Crippen MR) is 199 cm³/mol. The second-order valence-electron chi connectivity index (χ2n) is 12.3. The molecule has 0 radical (unpaired) electrons. The number of hydrogen-bond acceptors (Lipinski definition) is 2. The first-order valence-corrected chi connectivity index (χ1v) is 16.1. The summed E-state index contributed by atoms with van der Waals surface area (Å²) in [6.07, 6.45) is 0. The molecule has 0 aliphatic rings. The zero-order valence-corrected chi connectivity index (χ0v) is 26.1. The van der Waals surface area contributed by atoms with E-state index in [1.807, 2.05) is 60.7 Å². The Morgan fingerprint density at radius 3 is 1.69 bits per heavy atom. The first-order chi connectivity index (χ1) is 24.2. The van der Waals surface area contributed by atoms with Crippen LogP contribution >= 0.6 is 0 Å². The normalized spacial score (nSPS) is 11.6. The van der Waals surface area contributed by atoms with Gasteiger partial charge in [-0.2, -0.15) is 5.26 Å². The molecule has 0 atom stereocenters. The number of benzene rings is 7. The fourth-order valence-electron chi connectivity index (χ4n) is 7.63. The third kappa shape index (κ3) is 3.85. The third-order valence-corrected chi connectivity index (χ3v) is 9.78. The van der Waals surface area contributed by atoms with Crippen LogP contribution in [0.5, 0.6) is 0 Å². The van der Waals surface area contributed by atoms with Crippen LogP contribution in [0.1, 0.15) is 5.56 Å². The highest BCUT2D eigenvalue weighted by atomic mass is 16.3. The summed E-state index contributed by atoms with van der Waals surface area (Å²) in [7, 11) is 0. The second kappa shape index (κ2) is 10.2. The van der Waals surface area contributed by atoms with E-state index in [9.17, 15) is 5.26 Å². The van der Waals surface area contributed by atoms with Crippen LogP contribution in [0.2, 0.25) is 0 Å². The summed E-state index contributed by atoms with van der Waals surface area (Å²) in [5.74, 6) is 0. The molecule has 7 aromatic carbocycles. The molecular weight excluding hydrogens is 601 g/mol. The molecule has 226 valence electrons. The zero-order valence-electron chi connectivity index (χ0n) is 26.1. The van der Waals surface area contributed by atoms with Crippen LogP contribution in [0.15, 0.2) is 150 Å². The lowest BCUT2D eigenvalue weighted by Gasteiger charge is -2.15. The van der Waals surface area contributed by atoms with E-state index in [0.29, 0.717) is 16.8 Å². The molecule has 10 aromatic rings. The van der Waals surface area contributed by atoms with Crippen molar-refractivity contribution in [1.82, 2.24) is 9.13 Å². The average Bonchev–Trinajstić information content (AvgIpc) is 3.80. The minimum Gasteiger partial charge on any atom is -0.456 e. The first-order valence-electron chi connectivity index (χ1n) is 16.1. The molecule has 3 heterocycles. The van der Waals surface area contributed by atoms with Gasteiger partial charge in [0.15, 0.2) is 5.69 Å². The molecule has 0 saturated carbocycles. The number of hydrogen-bond donors (Lipinski definition) is 0. The van der Waals surface area contributed by atoms with Crippen molar-refractivity contribution in [2.75, 3.05) is 0 Å². The largest absolute Gasteiger partial charge is 0.456 e. The van der Waals surface area contributed by atoms with Crippen LogP contribution < -0.4 is 0 Å². The van der Waals surface area contributed by atoms with Gasteiger partial charge in [-0.3, -0.25) is 0 Å². The first kappa shape index (κ1) is 27.1. The maximum absolute atomic E-state index is 10.4. The fourth-order valence-corrected chi connectivity index (χ4v) is 7.63. The lowest BCUT2D eigenvalue weighted by Crippen LogP contribution is -1.98. The SMILES string of the molecule is [C-]#[N+]c1ccc(-n2c3ccccc3c3cc4c(cc32)oc2ccccc24)cc1-c1cc(-n2c3ccccc3c3ccccc32)ccc1C#N. The van der Waals surface area contributed by atoms with Gasteiger partial charge in [0.2, 0.25) is 0 Å². The molecule has 0 fully saturated rings. The lowest BCUT2D eigenvalue weighted by molar-refractivity contribution is 0.669. The lowest BCUT2D eigenvalue weighted by atomic mass is 9.97. The highest BCUT2D eigenvalue weighted by Crippen LogP contribution is 2.42. The van der Waals surface area contributed by atoms with Crippen molar-refractivity contribution in [1.29, 1.82) is 5.26 Å². The van der Waals surface area contributed by atoms with Gasteiger partial charge in [-0.25, -0.2) is 4.85 Å². The molecule has 49 heavy (non-hydrogen) atoms. The van der Waals surface area contributed by atoms with E-state index in [-0.39, 0.29) is 0 Å². The Labute approximate surface area is 280 Å². The van der Waals surface area contributed by atoms with Crippen molar-refractivity contribution in [3.05, 3.63) is 163 Å². The van der Waals surface area contributed by atoms with Gasteiger partial charge in [-0.15, -0.1) is 0 Å². The van der Waals surface area contributed by atoms with E-state index in [1.54, 1.807) is 0 Å². The third-order valence-electron chi connectivity index (χ3n) is 9.78. The Bertz CT molecular complexity index is 3030. The number of para-hydroxylation sites is 4. The van der Waals surface area contributed by atoms with Crippen molar-refractivity contribution in [3.8, 4) is 28.6 Å². The maximum Gasteiger partial charge on any atom is 0.195 e. The van der Waals surface area contributed by atoms with Gasteiger partial charge in [0, 0.05) is 49.8 Å². The molecule has 5 heteroatoms. The van der Waals surface area contributed by atoms with Crippen molar-refractivity contribution in [2.24, 2.45) is 0 Å². The van der Waals surface area contributed by atoms with E-state index >= 15 is 0 Å². The molecule has 0 amide bonds. The second-order valence-corrected chi connectivity index (χ2v) is 12.3. The quantitative estimate of drug-likeness (QED) is 0.184. The molecule has 0 bridgehead atoms. The Kier molecular flexibility index (Phi) is 5.64. The van der Waals surface area contributed by atoms with Gasteiger partial charge in [0.1, 0.15) is 11.2 Å². The number of rotatable bonds is 3. The number of nitriles is 1. The monoisotopic (exact) mass is 624 g/mol. The van der Waals surface area contributed by atoms with Crippen LogP contribution in [0.4, 0.5) is 5.69 Å². The number of aromatic nitrogens is 2. The van der Waals surface area contributed by atoms with Gasteiger partial charge < -0.3 is 13.6 Å². The highest BCUT2D eigenvalue weighted by molar-refractivity contribution is 6.17. The Balaban J connectivity index is 1.24. The number of fused-ring (bicyclic) bond motifs is 9. The van der Waals surface area contributed by atoms with Crippen LogP contribution in [-0.2, 0) is 0 Å². The molecule has 0 saturated heterocycles. The van der Waals surface area contributed by atoms with Crippen molar-refractivity contribution in [3.63, 3.8) is 0 Å². The summed E-state index contributed by atoms with van der Waals surface area (Å²) in [4.78, 5) is 3.94. The summed E-state index contributed by atoms with van der Waals surface area (Å²) in [5.41, 5.74) is 10.2. The molecule has 5 nitrogen and oxygen atoms in total. The fraction of sp³-hybridized carbons (Fsp3) is 0. The topological polar surface area (TPSA) is 51.1 Å². The van der Waals surface area contributed by atoms with E-state index in [2.05, 4.69) is 105 Å². The van der Waals surface area contributed by atoms with Gasteiger partial charge in [0.25, 0.3) is 0 Å². The Hall–Kier alpha value is -7.08. The molecule has 0 spiro atoms. The molecule has 0 unspecified atom stereocenters. The molecule has 10 rings (SSSR count).